The molecule has 10 heavy (non-hydrogen) atoms. The summed E-state index contributed by atoms with van der Waals surface area (Å²) in [6, 6.07) is 0. The summed E-state index contributed by atoms with van der Waals surface area (Å²) in [5.74, 6) is -1.59. The largest absolute Gasteiger partial charge is 0.385 e. The predicted molar refractivity (Wildman–Crippen MR) is 34.5 cm³/mol. The molecule has 0 bridgehead atoms. The van der Waals surface area contributed by atoms with Crippen LogP contribution in [0.25, 0.3) is 0 Å². The zero-order valence-corrected chi connectivity index (χ0v) is 6.49. The third kappa shape index (κ3) is 3.98. The molecule has 0 saturated carbocycles. The van der Waals surface area contributed by atoms with Crippen LogP contribution in [-0.2, 0) is 9.30 Å². The van der Waals surface area contributed by atoms with Gasteiger partial charge in [0.2, 0.25) is 0 Å². The van der Waals surface area contributed by atoms with Gasteiger partial charge in [0.15, 0.2) is 5.85 Å². The van der Waals surface area contributed by atoms with E-state index in [1.54, 1.807) is 0 Å². The summed E-state index contributed by atoms with van der Waals surface area (Å²) in [6.07, 6.45) is -0.0409. The minimum atomic E-state index is -4.31. The molecule has 0 radical (unpaired) electrons. The van der Waals surface area contributed by atoms with Gasteiger partial charge < -0.3 is 19.6 Å². The second-order valence-corrected chi connectivity index (χ2v) is 3.63. The smallest absolute Gasteiger partial charge is 0.353 e. The van der Waals surface area contributed by atoms with Gasteiger partial charge in [-0.2, -0.15) is 0 Å². The van der Waals surface area contributed by atoms with Crippen LogP contribution < -0.4 is 0 Å². The number of hydrogen-bond acceptors (Lipinski definition) is 3. The van der Waals surface area contributed by atoms with Gasteiger partial charge in [-0.05, 0) is 0 Å². The van der Waals surface area contributed by atoms with Gasteiger partial charge in [-0.3, -0.25) is 4.57 Å². The Kier molecular flexibility index (Phi) is 4.08. The van der Waals surface area contributed by atoms with Crippen LogP contribution in [0.4, 0.5) is 0 Å². The first-order valence-electron chi connectivity index (χ1n) is 2.70. The Balaban J connectivity index is 3.63. The van der Waals surface area contributed by atoms with E-state index in [0.717, 1.165) is 0 Å². The van der Waals surface area contributed by atoms with E-state index < -0.39 is 13.4 Å². The van der Waals surface area contributed by atoms with Crippen LogP contribution in [0.2, 0.25) is 0 Å². The Morgan fingerprint density at radius 1 is 1.60 bits per heavy atom. The molecule has 0 aromatic rings. The molecule has 0 aliphatic rings. The maximum absolute atomic E-state index is 10.2. The highest BCUT2D eigenvalue weighted by atomic mass is 31.2. The predicted octanol–water partition coefficient (Wildman–Crippen LogP) is -0.481. The molecule has 0 rings (SSSR count). The SMILES string of the molecule is COCCC(O)P(=O)(O)O. The third-order valence-corrected chi connectivity index (χ3v) is 2.00. The molecule has 0 heterocycles. The van der Waals surface area contributed by atoms with Crippen molar-refractivity contribution in [2.45, 2.75) is 12.3 Å². The summed E-state index contributed by atoms with van der Waals surface area (Å²) in [6.45, 7) is 0.145. The van der Waals surface area contributed by atoms with E-state index in [-0.39, 0.29) is 13.0 Å². The van der Waals surface area contributed by atoms with E-state index in [1.807, 2.05) is 0 Å². The highest BCUT2D eigenvalue weighted by Crippen LogP contribution is 2.40. The van der Waals surface area contributed by atoms with E-state index in [9.17, 15) is 4.57 Å². The van der Waals surface area contributed by atoms with Crippen molar-refractivity contribution in [1.29, 1.82) is 0 Å². The Bertz CT molecular complexity index is 130. The molecule has 0 aromatic heterocycles. The fourth-order valence-corrected chi connectivity index (χ4v) is 0.833. The van der Waals surface area contributed by atoms with Crippen molar-refractivity contribution >= 4 is 7.60 Å². The van der Waals surface area contributed by atoms with Crippen molar-refractivity contribution in [2.75, 3.05) is 13.7 Å². The molecular weight excluding hydrogens is 159 g/mol. The zero-order valence-electron chi connectivity index (χ0n) is 5.60. The number of hydrogen-bond donors (Lipinski definition) is 3. The Morgan fingerprint density at radius 3 is 2.40 bits per heavy atom. The number of ether oxygens (including phenoxy) is 1. The fraction of sp³-hybridized carbons (Fsp3) is 1.00. The highest BCUT2D eigenvalue weighted by molar-refractivity contribution is 7.52. The average molecular weight is 170 g/mol. The first kappa shape index (κ1) is 10.1. The van der Waals surface area contributed by atoms with E-state index >= 15 is 0 Å². The summed E-state index contributed by atoms with van der Waals surface area (Å²) >= 11 is 0. The lowest BCUT2D eigenvalue weighted by Crippen LogP contribution is -2.09. The molecule has 0 aliphatic heterocycles. The van der Waals surface area contributed by atoms with E-state index in [1.165, 1.54) is 7.11 Å². The first-order chi connectivity index (χ1) is 4.48. The molecule has 0 aliphatic carbocycles. The Hall–Kier alpha value is 0.0700. The highest BCUT2D eigenvalue weighted by Gasteiger charge is 2.25. The summed E-state index contributed by atoms with van der Waals surface area (Å²) in [5, 5.41) is 8.67. The van der Waals surface area contributed by atoms with Crippen molar-refractivity contribution < 1.29 is 24.2 Å². The standard InChI is InChI=1S/C4H11O5P/c1-9-3-2-4(5)10(6,7)8/h4-5H,2-3H2,1H3,(H2,6,7,8). The van der Waals surface area contributed by atoms with E-state index in [4.69, 9.17) is 14.9 Å². The van der Waals surface area contributed by atoms with E-state index in [0.29, 0.717) is 0 Å². The van der Waals surface area contributed by atoms with Crippen LogP contribution in [-0.4, -0.2) is 34.5 Å². The van der Waals surface area contributed by atoms with Crippen LogP contribution in [0.15, 0.2) is 0 Å². The number of aliphatic hydroxyl groups excluding tert-OH is 1. The van der Waals surface area contributed by atoms with Gasteiger partial charge in [0.25, 0.3) is 0 Å². The molecule has 0 saturated heterocycles. The van der Waals surface area contributed by atoms with E-state index in [2.05, 4.69) is 4.74 Å². The molecule has 1 atom stereocenters. The van der Waals surface area contributed by atoms with Crippen molar-refractivity contribution in [3.63, 3.8) is 0 Å². The van der Waals surface area contributed by atoms with Crippen LogP contribution in [0.3, 0.4) is 0 Å². The van der Waals surface area contributed by atoms with Gasteiger partial charge in [0.05, 0.1) is 0 Å². The Labute approximate surface area is 58.8 Å². The van der Waals surface area contributed by atoms with Crippen molar-refractivity contribution in [2.24, 2.45) is 0 Å². The number of methoxy groups -OCH3 is 1. The third-order valence-electron chi connectivity index (χ3n) is 0.968. The van der Waals surface area contributed by atoms with Crippen molar-refractivity contribution in [3.05, 3.63) is 0 Å². The molecule has 3 N–H and O–H groups in total. The second kappa shape index (κ2) is 4.05. The fourth-order valence-electron chi connectivity index (χ4n) is 0.391. The maximum atomic E-state index is 10.2. The molecule has 0 aromatic carbocycles. The van der Waals surface area contributed by atoms with Crippen molar-refractivity contribution in [1.82, 2.24) is 0 Å². The van der Waals surface area contributed by atoms with Crippen molar-refractivity contribution in [3.8, 4) is 0 Å². The lowest BCUT2D eigenvalue weighted by atomic mass is 10.5. The van der Waals surface area contributed by atoms with Gasteiger partial charge >= 0.3 is 7.60 Å². The second-order valence-electron chi connectivity index (χ2n) is 1.85. The summed E-state index contributed by atoms with van der Waals surface area (Å²) in [4.78, 5) is 16.6. The average Bonchev–Trinajstić information content (AvgIpc) is 1.80. The quantitative estimate of drug-likeness (QED) is 0.496. The molecule has 0 fully saturated rings. The normalized spacial score (nSPS) is 15.2. The topological polar surface area (TPSA) is 87.0 Å². The van der Waals surface area contributed by atoms with Crippen LogP contribution in [0, 0.1) is 0 Å². The maximum Gasteiger partial charge on any atom is 0.353 e. The van der Waals surface area contributed by atoms with Gasteiger partial charge in [-0.1, -0.05) is 0 Å². The first-order valence-corrected chi connectivity index (χ1v) is 4.39. The zero-order chi connectivity index (χ0) is 8.20. The summed E-state index contributed by atoms with van der Waals surface area (Å²) in [5.41, 5.74) is 0. The summed E-state index contributed by atoms with van der Waals surface area (Å²) in [7, 11) is -2.92. The minimum Gasteiger partial charge on any atom is -0.385 e. The van der Waals surface area contributed by atoms with Gasteiger partial charge in [-0.25, -0.2) is 0 Å². The molecule has 62 valence electrons. The molecule has 0 amide bonds. The Morgan fingerprint density at radius 2 is 2.10 bits per heavy atom. The summed E-state index contributed by atoms with van der Waals surface area (Å²) < 4.78 is 14.7. The number of rotatable bonds is 4. The van der Waals surface area contributed by atoms with Crippen LogP contribution >= 0.6 is 7.60 Å². The monoisotopic (exact) mass is 170 g/mol. The molecule has 6 heteroatoms. The lowest BCUT2D eigenvalue weighted by Gasteiger charge is -2.10. The van der Waals surface area contributed by atoms with Crippen LogP contribution in [0.5, 0.6) is 0 Å². The minimum absolute atomic E-state index is 0.0409. The van der Waals surface area contributed by atoms with Gasteiger partial charge in [-0.15, -0.1) is 0 Å². The van der Waals surface area contributed by atoms with Crippen LogP contribution in [0.1, 0.15) is 6.42 Å². The molecule has 5 nitrogen and oxygen atoms in total. The number of aliphatic hydroxyl groups is 1. The lowest BCUT2D eigenvalue weighted by molar-refractivity contribution is 0.133. The molecular formula is C4H11O5P. The molecule has 0 spiro atoms. The van der Waals surface area contributed by atoms with Gasteiger partial charge in [0, 0.05) is 20.1 Å². The molecule has 1 unspecified atom stereocenters. The van der Waals surface area contributed by atoms with Gasteiger partial charge in [0.1, 0.15) is 0 Å².